The molecule has 23 heavy (non-hydrogen) atoms. The van der Waals surface area contributed by atoms with E-state index in [0.29, 0.717) is 0 Å². The molecule has 0 aliphatic heterocycles. The van der Waals surface area contributed by atoms with Gasteiger partial charge < -0.3 is 5.11 Å². The first-order chi connectivity index (χ1) is 9.75. The molecule has 0 aromatic rings. The van der Waals surface area contributed by atoms with Crippen LogP contribution in [0.4, 0.5) is 48.3 Å². The Bertz CT molecular complexity index is 531. The maximum atomic E-state index is 13.1. The zero-order chi connectivity index (χ0) is 19.2. The summed E-state index contributed by atoms with van der Waals surface area (Å²) in [6.45, 7) is 0. The van der Waals surface area contributed by atoms with Gasteiger partial charge in [0.25, 0.3) is 5.78 Å². The van der Waals surface area contributed by atoms with Crippen LogP contribution in [0.15, 0.2) is 0 Å². The molecule has 0 aromatic heterocycles. The van der Waals surface area contributed by atoms with Crippen LogP contribution in [0, 0.1) is 0 Å². The third-order valence-electron chi connectivity index (χ3n) is 2.22. The highest BCUT2D eigenvalue weighted by atomic mass is 19.4. The SMILES string of the molecule is O=C(C(F)(F)F)C(F)(F)C(F)(F)C(=O)C(F)(C(=O)O)C(F)(F)F. The summed E-state index contributed by atoms with van der Waals surface area (Å²) >= 11 is 0. The Hall–Kier alpha value is -1.96. The van der Waals surface area contributed by atoms with E-state index in [1.807, 2.05) is 0 Å². The minimum atomic E-state index is -7.26. The second-order valence-electron chi connectivity index (χ2n) is 3.77. The molecule has 0 radical (unpaired) electrons. The number of carbonyl (C=O) groups excluding carboxylic acids is 2. The van der Waals surface area contributed by atoms with Crippen LogP contribution in [0.2, 0.25) is 0 Å². The molecule has 1 unspecified atom stereocenters. The van der Waals surface area contributed by atoms with E-state index in [1.165, 1.54) is 0 Å². The summed E-state index contributed by atoms with van der Waals surface area (Å²) in [4.78, 5) is 30.8. The van der Waals surface area contributed by atoms with Crippen molar-refractivity contribution in [3.05, 3.63) is 0 Å². The molecule has 0 aliphatic rings. The van der Waals surface area contributed by atoms with Crippen molar-refractivity contribution in [1.29, 1.82) is 0 Å². The van der Waals surface area contributed by atoms with Crippen LogP contribution in [0.1, 0.15) is 0 Å². The van der Waals surface area contributed by atoms with E-state index in [9.17, 15) is 62.7 Å². The van der Waals surface area contributed by atoms with Crippen molar-refractivity contribution >= 4 is 17.5 Å². The Morgan fingerprint density at radius 1 is 0.609 bits per heavy atom. The number of ketones is 2. The third kappa shape index (κ3) is 3.08. The molecule has 0 saturated carbocycles. The van der Waals surface area contributed by atoms with Gasteiger partial charge in [-0.2, -0.15) is 43.9 Å². The monoisotopic (exact) mass is 370 g/mol. The smallest absolute Gasteiger partial charge is 0.456 e. The maximum Gasteiger partial charge on any atom is 0.456 e. The number of Topliss-reactive ketones (excluding diaryl/α,β-unsaturated/α-hetero) is 2. The molecule has 4 nitrogen and oxygen atoms in total. The minimum Gasteiger partial charge on any atom is -0.478 e. The van der Waals surface area contributed by atoms with E-state index >= 15 is 0 Å². The van der Waals surface area contributed by atoms with Gasteiger partial charge in [-0.1, -0.05) is 0 Å². The van der Waals surface area contributed by atoms with Crippen molar-refractivity contribution < 1.29 is 67.8 Å². The van der Waals surface area contributed by atoms with E-state index in [-0.39, 0.29) is 0 Å². The van der Waals surface area contributed by atoms with Crippen LogP contribution in [-0.4, -0.2) is 52.5 Å². The van der Waals surface area contributed by atoms with Crippen molar-refractivity contribution in [2.75, 3.05) is 0 Å². The highest BCUT2D eigenvalue weighted by Gasteiger charge is 2.81. The second-order valence-corrected chi connectivity index (χ2v) is 3.77. The van der Waals surface area contributed by atoms with Crippen LogP contribution in [0.3, 0.4) is 0 Å². The molecule has 0 amide bonds. The van der Waals surface area contributed by atoms with E-state index in [1.54, 1.807) is 0 Å². The topological polar surface area (TPSA) is 71.4 Å². The summed E-state index contributed by atoms with van der Waals surface area (Å²) in [5, 5.41) is 7.86. The zero-order valence-electron chi connectivity index (χ0n) is 9.83. The van der Waals surface area contributed by atoms with E-state index < -0.39 is 47.4 Å². The molecule has 0 bridgehead atoms. The maximum absolute atomic E-state index is 13.1. The first-order valence-electron chi connectivity index (χ1n) is 4.66. The number of hydrogen-bond donors (Lipinski definition) is 1. The number of carboxylic acid groups (broad SMARTS) is 1. The van der Waals surface area contributed by atoms with Gasteiger partial charge in [0.1, 0.15) is 0 Å². The van der Waals surface area contributed by atoms with Gasteiger partial charge in [0, 0.05) is 0 Å². The largest absolute Gasteiger partial charge is 0.478 e. The lowest BCUT2D eigenvalue weighted by Crippen LogP contribution is -2.66. The van der Waals surface area contributed by atoms with E-state index in [0.717, 1.165) is 0 Å². The fraction of sp³-hybridized carbons (Fsp3) is 0.625. The fourth-order valence-electron chi connectivity index (χ4n) is 1.03. The van der Waals surface area contributed by atoms with Crippen LogP contribution in [-0.2, 0) is 14.4 Å². The summed E-state index contributed by atoms with van der Waals surface area (Å²) in [5.41, 5.74) is -6.67. The Labute approximate surface area is 116 Å². The Kier molecular flexibility index (Phi) is 4.84. The van der Waals surface area contributed by atoms with Crippen LogP contribution in [0.25, 0.3) is 0 Å². The molecule has 1 N–H and O–H groups in total. The average molecular weight is 370 g/mol. The van der Waals surface area contributed by atoms with E-state index in [4.69, 9.17) is 5.11 Å². The van der Waals surface area contributed by atoms with Gasteiger partial charge in [0.05, 0.1) is 0 Å². The molecule has 0 saturated heterocycles. The van der Waals surface area contributed by atoms with Crippen LogP contribution in [0.5, 0.6) is 0 Å². The number of hydrogen-bond acceptors (Lipinski definition) is 3. The molecule has 15 heteroatoms. The molecule has 0 heterocycles. The van der Waals surface area contributed by atoms with Gasteiger partial charge in [0.15, 0.2) is 0 Å². The molecule has 0 aliphatic carbocycles. The normalized spacial score (nSPS) is 16.7. The Balaban J connectivity index is 6.26. The lowest BCUT2D eigenvalue weighted by atomic mass is 9.90. The molecule has 0 rings (SSSR count). The zero-order valence-corrected chi connectivity index (χ0v) is 9.83. The number of rotatable bonds is 5. The molecular formula is C8HF11O4. The second kappa shape index (κ2) is 5.30. The third-order valence-corrected chi connectivity index (χ3v) is 2.22. The summed E-state index contributed by atoms with van der Waals surface area (Å²) < 4.78 is 136. The Morgan fingerprint density at radius 3 is 1.13 bits per heavy atom. The number of aliphatic carboxylic acids is 1. The Morgan fingerprint density at radius 2 is 0.913 bits per heavy atom. The fourth-order valence-corrected chi connectivity index (χ4v) is 1.03. The predicted molar refractivity (Wildman–Crippen MR) is 43.5 cm³/mol. The molecule has 134 valence electrons. The molecule has 1 atom stereocenters. The highest BCUT2D eigenvalue weighted by molar-refractivity contribution is 6.13. The number of alkyl halides is 11. The lowest BCUT2D eigenvalue weighted by molar-refractivity contribution is -0.260. The molecule has 0 fully saturated rings. The quantitative estimate of drug-likeness (QED) is 0.596. The molecule has 0 spiro atoms. The van der Waals surface area contributed by atoms with Crippen molar-refractivity contribution in [2.45, 2.75) is 29.9 Å². The van der Waals surface area contributed by atoms with Gasteiger partial charge in [-0.05, 0) is 0 Å². The van der Waals surface area contributed by atoms with Crippen LogP contribution >= 0.6 is 0 Å². The summed E-state index contributed by atoms with van der Waals surface area (Å²) in [6, 6.07) is 0. The minimum absolute atomic E-state index is 4.04. The van der Waals surface area contributed by atoms with Gasteiger partial charge >= 0.3 is 41.6 Å². The van der Waals surface area contributed by atoms with Gasteiger partial charge in [-0.15, -0.1) is 0 Å². The highest BCUT2D eigenvalue weighted by Crippen LogP contribution is 2.46. The number of carbonyl (C=O) groups is 3. The summed E-state index contributed by atoms with van der Waals surface area (Å²) in [5.74, 6) is -27.9. The first-order valence-corrected chi connectivity index (χ1v) is 4.66. The molecular weight excluding hydrogens is 369 g/mol. The van der Waals surface area contributed by atoms with E-state index in [2.05, 4.69) is 0 Å². The van der Waals surface area contributed by atoms with Gasteiger partial charge in [-0.3, -0.25) is 9.59 Å². The van der Waals surface area contributed by atoms with Crippen molar-refractivity contribution in [3.8, 4) is 0 Å². The molecule has 0 aromatic carbocycles. The van der Waals surface area contributed by atoms with Gasteiger partial charge in [0.2, 0.25) is 0 Å². The van der Waals surface area contributed by atoms with Crippen molar-refractivity contribution in [1.82, 2.24) is 0 Å². The number of carboxylic acids is 1. The van der Waals surface area contributed by atoms with Crippen molar-refractivity contribution in [2.24, 2.45) is 0 Å². The number of halogens is 11. The van der Waals surface area contributed by atoms with Crippen LogP contribution < -0.4 is 0 Å². The summed E-state index contributed by atoms with van der Waals surface area (Å²) in [6.07, 6.45) is -13.8. The van der Waals surface area contributed by atoms with Gasteiger partial charge in [-0.25, -0.2) is 9.18 Å². The lowest BCUT2D eigenvalue weighted by Gasteiger charge is -2.30. The summed E-state index contributed by atoms with van der Waals surface area (Å²) in [7, 11) is 0. The predicted octanol–water partition coefficient (Wildman–Crippen LogP) is 2.31. The first kappa shape index (κ1) is 21.0. The van der Waals surface area contributed by atoms with Crippen molar-refractivity contribution in [3.63, 3.8) is 0 Å². The average Bonchev–Trinajstić information content (AvgIpc) is 2.32. The standard InChI is InChI=1S/C8HF11O4/c9-4(3(22)23,8(17,18)19)1(20)5(10,11)6(12,13)2(21)7(14,15)16/h(H,22,23).